The largest absolute Gasteiger partial charge is 0.489 e. The molecule has 19 nitrogen and oxygen atoms in total. The number of ether oxygens (including phenoxy) is 2. The van der Waals surface area contributed by atoms with Gasteiger partial charge in [0, 0.05) is 23.9 Å². The fourth-order valence-electron chi connectivity index (χ4n) is 4.88. The monoisotopic (exact) mass is 754 g/mol. The number of hydrogen-bond acceptors (Lipinski definition) is 13. The molecule has 2 aromatic carbocycles. The molecule has 53 heavy (non-hydrogen) atoms. The van der Waals surface area contributed by atoms with E-state index >= 15 is 0 Å². The summed E-state index contributed by atoms with van der Waals surface area (Å²) < 4.78 is 18.1. The van der Waals surface area contributed by atoms with Crippen LogP contribution in [0.15, 0.2) is 40.8 Å². The molecule has 2 unspecified atom stereocenters. The van der Waals surface area contributed by atoms with Gasteiger partial charge in [-0.05, 0) is 78.4 Å². The highest BCUT2D eigenvalue weighted by Crippen LogP contribution is 2.34. The summed E-state index contributed by atoms with van der Waals surface area (Å²) in [5.41, 5.74) is -3.76. The van der Waals surface area contributed by atoms with Crippen LogP contribution in [0.3, 0.4) is 0 Å². The number of hydrogen-bond donors (Lipinski definition) is 8. The first-order valence-electron chi connectivity index (χ1n) is 15.7. The lowest BCUT2D eigenvalue weighted by atomic mass is 9.96. The average molecular weight is 755 g/mol. The van der Waals surface area contributed by atoms with Crippen LogP contribution < -0.4 is 9.47 Å². The Balaban J connectivity index is 0.000000455. The molecule has 19 heteroatoms. The number of benzene rings is 2. The number of furan rings is 1. The number of nitrogens with zero attached hydrogens (tertiary/aromatic N) is 2. The van der Waals surface area contributed by atoms with E-state index in [0.717, 1.165) is 46.5 Å². The molecular weight excluding hydrogens is 708 g/mol. The standard InChI is InChI=1S/C22H30N2O3.2C6H8O7/c1-15(13-23(3)4)25-17-7-9-21-19(11-17)20-12-18(8-10-22(20)27-21)26-16(2)14-24(5)6;2*7-3(8)1-6(13,5(11)12)2-4(9)10/h7-12,15-16H,13-14H2,1-6H3;2*13H,1-2H2,(H,7,8)(H,9,10)(H,11,12). The zero-order chi connectivity index (χ0) is 40.8. The summed E-state index contributed by atoms with van der Waals surface area (Å²) in [6, 6.07) is 12.0. The van der Waals surface area contributed by atoms with E-state index in [4.69, 9.17) is 54.7 Å². The van der Waals surface area contributed by atoms with Gasteiger partial charge >= 0.3 is 35.8 Å². The van der Waals surface area contributed by atoms with Crippen molar-refractivity contribution < 1.29 is 83.5 Å². The Hall–Kier alpha value is -5.50. The smallest absolute Gasteiger partial charge is 0.336 e. The van der Waals surface area contributed by atoms with Gasteiger partial charge in [0.05, 0.1) is 25.7 Å². The Morgan fingerprint density at radius 1 is 0.585 bits per heavy atom. The molecule has 294 valence electrons. The third kappa shape index (κ3) is 15.7. The van der Waals surface area contributed by atoms with E-state index in [-0.39, 0.29) is 12.2 Å². The second-order valence-electron chi connectivity index (χ2n) is 12.8. The first kappa shape index (κ1) is 45.5. The van der Waals surface area contributed by atoms with E-state index in [2.05, 4.69) is 35.8 Å². The Bertz CT molecular complexity index is 1590. The molecule has 0 aliphatic rings. The molecule has 3 aromatic rings. The summed E-state index contributed by atoms with van der Waals surface area (Å²) in [5, 5.41) is 69.7. The molecule has 0 saturated heterocycles. The minimum absolute atomic E-state index is 0.112. The quantitative estimate of drug-likeness (QED) is 0.0917. The number of aliphatic carboxylic acids is 6. The van der Waals surface area contributed by atoms with Crippen molar-refractivity contribution >= 4 is 57.8 Å². The zero-order valence-electron chi connectivity index (χ0n) is 30.0. The minimum Gasteiger partial charge on any atom is -0.489 e. The van der Waals surface area contributed by atoms with Gasteiger partial charge in [0.2, 0.25) is 0 Å². The maximum absolute atomic E-state index is 10.3. The van der Waals surface area contributed by atoms with E-state index < -0.39 is 72.7 Å². The van der Waals surface area contributed by atoms with Crippen molar-refractivity contribution in [3.63, 3.8) is 0 Å². The van der Waals surface area contributed by atoms with Gasteiger partial charge in [-0.2, -0.15) is 0 Å². The predicted molar refractivity (Wildman–Crippen MR) is 185 cm³/mol. The van der Waals surface area contributed by atoms with Crippen molar-refractivity contribution in [3.8, 4) is 11.5 Å². The Kier molecular flexibility index (Phi) is 17.1. The van der Waals surface area contributed by atoms with Crippen LogP contribution in [0.5, 0.6) is 11.5 Å². The van der Waals surface area contributed by atoms with Gasteiger partial charge in [-0.3, -0.25) is 19.2 Å². The van der Waals surface area contributed by atoms with Crippen molar-refractivity contribution in [2.75, 3.05) is 41.3 Å². The maximum Gasteiger partial charge on any atom is 0.336 e. The molecule has 0 radical (unpaired) electrons. The number of carboxylic acids is 6. The molecule has 0 aliphatic heterocycles. The van der Waals surface area contributed by atoms with Gasteiger partial charge in [0.15, 0.2) is 11.2 Å². The first-order valence-corrected chi connectivity index (χ1v) is 15.7. The summed E-state index contributed by atoms with van der Waals surface area (Å²) in [6.45, 7) is 5.89. The van der Waals surface area contributed by atoms with Crippen LogP contribution in [-0.2, 0) is 28.8 Å². The molecule has 1 heterocycles. The van der Waals surface area contributed by atoms with Crippen LogP contribution in [0.1, 0.15) is 39.5 Å². The van der Waals surface area contributed by atoms with Crippen LogP contribution in [0.4, 0.5) is 0 Å². The number of rotatable bonds is 18. The highest BCUT2D eigenvalue weighted by atomic mass is 16.5. The molecule has 3 rings (SSSR count). The van der Waals surface area contributed by atoms with Gasteiger partial charge in [-0.15, -0.1) is 0 Å². The first-order chi connectivity index (χ1) is 24.4. The van der Waals surface area contributed by atoms with Crippen LogP contribution >= 0.6 is 0 Å². The number of fused-ring (bicyclic) bond motifs is 3. The molecule has 2 atom stereocenters. The average Bonchev–Trinajstić information content (AvgIpc) is 3.32. The second-order valence-corrected chi connectivity index (χ2v) is 12.8. The van der Waals surface area contributed by atoms with E-state index in [9.17, 15) is 28.8 Å². The lowest BCUT2D eigenvalue weighted by Gasteiger charge is -2.19. The topological polar surface area (TPSA) is 302 Å². The summed E-state index contributed by atoms with van der Waals surface area (Å²) in [6.07, 6.45) is -4.35. The van der Waals surface area contributed by atoms with Crippen molar-refractivity contribution in [2.24, 2.45) is 0 Å². The van der Waals surface area contributed by atoms with Gasteiger partial charge in [0.1, 0.15) is 34.9 Å². The number of likely N-dealkylation sites (N-methyl/N-ethyl adjacent to an activating group) is 2. The van der Waals surface area contributed by atoms with Crippen molar-refractivity contribution in [1.82, 2.24) is 9.80 Å². The van der Waals surface area contributed by atoms with Crippen molar-refractivity contribution in [1.29, 1.82) is 0 Å². The van der Waals surface area contributed by atoms with Gasteiger partial charge < -0.3 is 64.5 Å². The Labute approximate surface area is 303 Å². The number of aliphatic hydroxyl groups is 2. The molecule has 1 aromatic heterocycles. The van der Waals surface area contributed by atoms with Crippen LogP contribution in [0, 0.1) is 0 Å². The number of carboxylic acid groups (broad SMARTS) is 6. The SMILES string of the molecule is CC(CN(C)C)Oc1ccc2oc3ccc(OC(C)CN(C)C)cc3c2c1.O=C(O)CC(O)(CC(=O)O)C(=O)O.O=C(O)CC(O)(CC(=O)O)C(=O)O. The van der Waals surface area contributed by atoms with Crippen LogP contribution in [-0.4, -0.2) is 151 Å². The fourth-order valence-corrected chi connectivity index (χ4v) is 4.88. The zero-order valence-corrected chi connectivity index (χ0v) is 30.0. The van der Waals surface area contributed by atoms with Crippen molar-refractivity contribution in [3.05, 3.63) is 36.4 Å². The van der Waals surface area contributed by atoms with Crippen molar-refractivity contribution in [2.45, 2.75) is 62.9 Å². The van der Waals surface area contributed by atoms with E-state index in [1.807, 2.05) is 52.5 Å². The summed E-state index contributed by atoms with van der Waals surface area (Å²) in [7, 11) is 8.19. The summed E-state index contributed by atoms with van der Waals surface area (Å²) >= 11 is 0. The molecular formula is C34H46N2O17. The number of carbonyl (C=O) groups is 6. The summed E-state index contributed by atoms with van der Waals surface area (Å²) in [5.74, 6) is -8.33. The Morgan fingerprint density at radius 3 is 1.09 bits per heavy atom. The second kappa shape index (κ2) is 19.9. The van der Waals surface area contributed by atoms with Gasteiger partial charge in [-0.25, -0.2) is 9.59 Å². The molecule has 0 saturated carbocycles. The normalized spacial score (nSPS) is 12.6. The van der Waals surface area contributed by atoms with Crippen LogP contribution in [0.2, 0.25) is 0 Å². The lowest BCUT2D eigenvalue weighted by Crippen LogP contribution is -2.42. The van der Waals surface area contributed by atoms with E-state index in [1.54, 1.807) is 0 Å². The Morgan fingerprint density at radius 2 is 0.868 bits per heavy atom. The molecule has 0 bridgehead atoms. The molecule has 0 amide bonds. The van der Waals surface area contributed by atoms with Crippen LogP contribution in [0.25, 0.3) is 21.9 Å². The maximum atomic E-state index is 10.3. The molecule has 0 aliphatic carbocycles. The van der Waals surface area contributed by atoms with Gasteiger partial charge in [-0.1, -0.05) is 0 Å². The summed E-state index contributed by atoms with van der Waals surface area (Å²) in [4.78, 5) is 65.2. The highest BCUT2D eigenvalue weighted by Gasteiger charge is 2.41. The lowest BCUT2D eigenvalue weighted by molar-refractivity contribution is -0.170. The van der Waals surface area contributed by atoms with E-state index in [1.165, 1.54) is 0 Å². The molecule has 8 N–H and O–H groups in total. The third-order valence-electron chi connectivity index (χ3n) is 6.90. The highest BCUT2D eigenvalue weighted by molar-refractivity contribution is 6.05. The molecule has 0 spiro atoms. The van der Waals surface area contributed by atoms with E-state index in [0.29, 0.717) is 0 Å². The fraction of sp³-hybridized carbons (Fsp3) is 0.471. The molecule has 0 fully saturated rings. The minimum atomic E-state index is -2.74. The van der Waals surface area contributed by atoms with Gasteiger partial charge in [0.25, 0.3) is 0 Å². The predicted octanol–water partition coefficient (Wildman–Crippen LogP) is 1.75. The third-order valence-corrected chi connectivity index (χ3v) is 6.90.